The van der Waals surface area contributed by atoms with Gasteiger partial charge in [-0.25, -0.2) is 0 Å². The van der Waals surface area contributed by atoms with E-state index in [-0.39, 0.29) is 11.3 Å². The number of aromatic nitrogens is 1. The van der Waals surface area contributed by atoms with Crippen molar-refractivity contribution in [2.45, 2.75) is 0 Å². The Balaban J connectivity index is 1.87. The number of nitro benzene ring substituents is 1. The van der Waals surface area contributed by atoms with E-state index in [0.29, 0.717) is 4.80 Å². The first kappa shape index (κ1) is 19.5. The maximum atomic E-state index is 12.7. The van der Waals surface area contributed by atoms with E-state index in [2.05, 4.69) is 4.99 Å². The first-order valence-electron chi connectivity index (χ1n) is 9.19. The molecule has 1 aromatic heterocycles. The summed E-state index contributed by atoms with van der Waals surface area (Å²) >= 11 is 1.41. The van der Waals surface area contributed by atoms with E-state index >= 15 is 0 Å². The topological polar surface area (TPSA) is 77.5 Å². The third kappa shape index (κ3) is 3.83. The van der Waals surface area contributed by atoms with E-state index in [0.717, 1.165) is 21.7 Å². The summed E-state index contributed by atoms with van der Waals surface area (Å²) in [5.41, 5.74) is 3.04. The van der Waals surface area contributed by atoms with Gasteiger partial charge in [-0.2, -0.15) is 4.99 Å². The number of hydrogen-bond acceptors (Lipinski definition) is 4. The first-order chi connectivity index (χ1) is 14.5. The molecule has 3 aromatic carbocycles. The van der Waals surface area contributed by atoms with Crippen molar-refractivity contribution in [1.82, 2.24) is 4.57 Å². The molecule has 1 heterocycles. The average molecular weight is 415 g/mol. The lowest BCUT2D eigenvalue weighted by Gasteiger charge is -2.07. The molecular weight excluding hydrogens is 398 g/mol. The molecule has 148 valence electrons. The Morgan fingerprint density at radius 2 is 1.57 bits per heavy atom. The quantitative estimate of drug-likeness (QED) is 0.345. The number of amides is 1. The summed E-state index contributed by atoms with van der Waals surface area (Å²) in [4.78, 5) is 29.0. The molecule has 0 aliphatic heterocycles. The Bertz CT molecular complexity index is 1290. The highest BCUT2D eigenvalue weighted by molar-refractivity contribution is 7.13. The number of rotatable bonds is 4. The van der Waals surface area contributed by atoms with Gasteiger partial charge in [0.15, 0.2) is 4.80 Å². The minimum absolute atomic E-state index is 0.137. The third-order valence-electron chi connectivity index (χ3n) is 4.62. The van der Waals surface area contributed by atoms with Gasteiger partial charge in [-0.3, -0.25) is 14.9 Å². The first-order valence-corrected chi connectivity index (χ1v) is 10.0. The molecule has 0 N–H and O–H groups in total. The average Bonchev–Trinajstić information content (AvgIpc) is 3.11. The lowest BCUT2D eigenvalue weighted by atomic mass is 10.1. The van der Waals surface area contributed by atoms with Crippen LogP contribution in [0.1, 0.15) is 10.4 Å². The Morgan fingerprint density at radius 1 is 0.933 bits per heavy atom. The van der Waals surface area contributed by atoms with Crippen molar-refractivity contribution in [2.75, 3.05) is 0 Å². The smallest absolute Gasteiger partial charge is 0.279 e. The molecule has 0 bridgehead atoms. The molecule has 4 rings (SSSR count). The molecule has 0 atom stereocenters. The van der Waals surface area contributed by atoms with Crippen LogP contribution in [-0.2, 0) is 7.05 Å². The fourth-order valence-corrected chi connectivity index (χ4v) is 4.31. The van der Waals surface area contributed by atoms with Crippen molar-refractivity contribution < 1.29 is 9.72 Å². The van der Waals surface area contributed by atoms with Crippen molar-refractivity contribution in [1.29, 1.82) is 0 Å². The van der Waals surface area contributed by atoms with Crippen molar-refractivity contribution >= 4 is 22.9 Å². The van der Waals surface area contributed by atoms with Crippen molar-refractivity contribution in [3.05, 3.63) is 105 Å². The van der Waals surface area contributed by atoms with Crippen LogP contribution in [0.4, 0.5) is 5.69 Å². The van der Waals surface area contributed by atoms with Gasteiger partial charge >= 0.3 is 0 Å². The Morgan fingerprint density at radius 3 is 2.20 bits per heavy atom. The summed E-state index contributed by atoms with van der Waals surface area (Å²) in [6.07, 6.45) is 0. The second-order valence-corrected chi connectivity index (χ2v) is 7.56. The number of thiazole rings is 1. The maximum absolute atomic E-state index is 12.7. The molecule has 1 amide bonds. The second-order valence-electron chi connectivity index (χ2n) is 6.58. The van der Waals surface area contributed by atoms with E-state index in [1.54, 1.807) is 0 Å². The van der Waals surface area contributed by atoms with Gasteiger partial charge in [-0.05, 0) is 17.2 Å². The lowest BCUT2D eigenvalue weighted by molar-refractivity contribution is -0.384. The number of non-ortho nitro benzene ring substituents is 1. The monoisotopic (exact) mass is 415 g/mol. The van der Waals surface area contributed by atoms with Crippen LogP contribution in [0.5, 0.6) is 0 Å². The molecule has 0 radical (unpaired) electrons. The highest BCUT2D eigenvalue weighted by Crippen LogP contribution is 2.34. The number of nitro groups is 1. The van der Waals surface area contributed by atoms with E-state index in [9.17, 15) is 14.9 Å². The van der Waals surface area contributed by atoms with Gasteiger partial charge in [0.1, 0.15) is 0 Å². The summed E-state index contributed by atoms with van der Waals surface area (Å²) in [5, 5.41) is 11.0. The van der Waals surface area contributed by atoms with Gasteiger partial charge in [0, 0.05) is 24.7 Å². The van der Waals surface area contributed by atoms with Crippen LogP contribution in [0.2, 0.25) is 0 Å². The number of nitrogens with zero attached hydrogens (tertiary/aromatic N) is 3. The van der Waals surface area contributed by atoms with Gasteiger partial charge in [0.2, 0.25) is 0 Å². The molecule has 0 fully saturated rings. The van der Waals surface area contributed by atoms with E-state index in [1.807, 2.05) is 72.3 Å². The zero-order valence-corrected chi connectivity index (χ0v) is 16.9. The predicted molar refractivity (Wildman–Crippen MR) is 117 cm³/mol. The molecule has 30 heavy (non-hydrogen) atoms. The van der Waals surface area contributed by atoms with Crippen LogP contribution < -0.4 is 4.80 Å². The van der Waals surface area contributed by atoms with Crippen molar-refractivity contribution in [2.24, 2.45) is 12.0 Å². The Kier molecular flexibility index (Phi) is 5.36. The van der Waals surface area contributed by atoms with Crippen LogP contribution in [-0.4, -0.2) is 15.4 Å². The van der Waals surface area contributed by atoms with Gasteiger partial charge < -0.3 is 4.57 Å². The number of hydrogen-bond donors (Lipinski definition) is 0. The van der Waals surface area contributed by atoms with E-state index < -0.39 is 10.8 Å². The Labute approximate surface area is 176 Å². The van der Waals surface area contributed by atoms with Crippen molar-refractivity contribution in [3.63, 3.8) is 0 Å². The van der Waals surface area contributed by atoms with Gasteiger partial charge in [0.05, 0.1) is 15.5 Å². The van der Waals surface area contributed by atoms with Crippen LogP contribution in [0, 0.1) is 10.1 Å². The minimum Gasteiger partial charge on any atom is -0.319 e. The van der Waals surface area contributed by atoms with Crippen LogP contribution in [0.25, 0.3) is 21.7 Å². The number of carbonyl (C=O) groups excluding carboxylic acids is 1. The molecule has 0 spiro atoms. The van der Waals surface area contributed by atoms with Crippen molar-refractivity contribution in [3.8, 4) is 21.7 Å². The van der Waals surface area contributed by atoms with Gasteiger partial charge in [0.25, 0.3) is 11.6 Å². The fraction of sp³-hybridized carbons (Fsp3) is 0.0435. The zero-order chi connectivity index (χ0) is 21.1. The summed E-state index contributed by atoms with van der Waals surface area (Å²) in [6, 6.07) is 25.5. The molecule has 0 aliphatic rings. The molecule has 0 saturated carbocycles. The van der Waals surface area contributed by atoms with Gasteiger partial charge in [-0.1, -0.05) is 78.1 Å². The normalized spacial score (nSPS) is 11.4. The van der Waals surface area contributed by atoms with Crippen LogP contribution >= 0.6 is 11.3 Å². The molecule has 6 nitrogen and oxygen atoms in total. The summed E-state index contributed by atoms with van der Waals surface area (Å²) in [7, 11) is 1.87. The second kappa shape index (κ2) is 8.26. The fourth-order valence-electron chi connectivity index (χ4n) is 3.16. The zero-order valence-electron chi connectivity index (χ0n) is 16.1. The molecule has 0 unspecified atom stereocenters. The number of carbonyl (C=O) groups is 1. The molecule has 0 aliphatic carbocycles. The summed E-state index contributed by atoms with van der Waals surface area (Å²) < 4.78 is 1.89. The minimum atomic E-state index is -0.525. The molecule has 7 heteroatoms. The van der Waals surface area contributed by atoms with Gasteiger partial charge in [-0.15, -0.1) is 0 Å². The summed E-state index contributed by atoms with van der Waals surface area (Å²) in [6.45, 7) is 0. The Hall–Kier alpha value is -3.84. The highest BCUT2D eigenvalue weighted by Gasteiger charge is 2.16. The number of benzene rings is 3. The predicted octanol–water partition coefficient (Wildman–Crippen LogP) is 5.07. The van der Waals surface area contributed by atoms with Crippen LogP contribution in [0.15, 0.2) is 89.9 Å². The standard InChI is InChI=1S/C23H17N3O3S/c1-25-20(16-9-4-2-5-10-16)21(17-11-6-3-7-12-17)30-23(25)24-22(27)18-13-8-14-19(15-18)26(28)29/h2-15H,1H3. The van der Waals surface area contributed by atoms with Crippen LogP contribution in [0.3, 0.4) is 0 Å². The largest absolute Gasteiger partial charge is 0.319 e. The maximum Gasteiger partial charge on any atom is 0.279 e. The highest BCUT2D eigenvalue weighted by atomic mass is 32.1. The molecule has 0 saturated heterocycles. The summed E-state index contributed by atoms with van der Waals surface area (Å²) in [5.74, 6) is -0.519. The third-order valence-corrected chi connectivity index (χ3v) is 5.80. The lowest BCUT2D eigenvalue weighted by Crippen LogP contribution is -2.14. The SMILES string of the molecule is Cn1c(-c2ccccc2)c(-c2ccccc2)sc1=NC(=O)c1cccc([N+](=O)[O-])c1. The molecular formula is C23H17N3O3S. The van der Waals surface area contributed by atoms with E-state index in [4.69, 9.17) is 0 Å². The van der Waals surface area contributed by atoms with E-state index in [1.165, 1.54) is 35.6 Å². The molecule has 4 aromatic rings.